The van der Waals surface area contributed by atoms with E-state index in [0.717, 1.165) is 72.6 Å². The van der Waals surface area contributed by atoms with E-state index in [1.807, 2.05) is 22.8 Å². The maximum absolute atomic E-state index is 12.8. The molecule has 6 aromatic rings. The average Bonchev–Trinajstić information content (AvgIpc) is 3.66. The van der Waals surface area contributed by atoms with E-state index in [1.54, 1.807) is 41.4 Å². The van der Waals surface area contributed by atoms with Crippen molar-refractivity contribution in [3.63, 3.8) is 0 Å². The number of benzene rings is 3. The zero-order valence-electron chi connectivity index (χ0n) is 25.2. The maximum Gasteiger partial charge on any atom is 0.328 e. The third-order valence-corrected chi connectivity index (χ3v) is 10.2. The molecule has 0 unspecified atom stereocenters. The second-order valence-electron chi connectivity index (χ2n) is 11.4. The number of nitrogens with zero attached hydrogens (tertiary/aromatic N) is 6. The maximum atomic E-state index is 12.8. The van der Waals surface area contributed by atoms with Gasteiger partial charge in [0.1, 0.15) is 5.82 Å². The van der Waals surface area contributed by atoms with Gasteiger partial charge in [-0.15, -0.1) is 0 Å². The lowest BCUT2D eigenvalue weighted by Crippen LogP contribution is -2.38. The van der Waals surface area contributed by atoms with Crippen molar-refractivity contribution in [3.8, 4) is 17.1 Å². The van der Waals surface area contributed by atoms with Crippen molar-refractivity contribution >= 4 is 43.0 Å². The zero-order chi connectivity index (χ0) is 30.7. The molecule has 1 N–H and O–H groups in total. The lowest BCUT2D eigenvalue weighted by Gasteiger charge is -2.26. The van der Waals surface area contributed by atoms with E-state index < -0.39 is 10.0 Å². The summed E-state index contributed by atoms with van der Waals surface area (Å²) in [5.74, 6) is 0.693. The Hall–Kier alpha value is -4.23. The number of morpholine rings is 1. The van der Waals surface area contributed by atoms with E-state index in [1.165, 1.54) is 12.6 Å². The molecular formula is C32H35N7O4S. The van der Waals surface area contributed by atoms with Crippen LogP contribution in [-0.2, 0) is 35.4 Å². The number of hydrogen-bond acceptors (Lipinski definition) is 6. The molecule has 44 heavy (non-hydrogen) atoms. The summed E-state index contributed by atoms with van der Waals surface area (Å²) in [4.78, 5) is 20.4. The summed E-state index contributed by atoms with van der Waals surface area (Å²) in [5.41, 5.74) is 6.78. The minimum Gasteiger partial charge on any atom is -0.379 e. The van der Waals surface area contributed by atoms with Gasteiger partial charge in [-0.05, 0) is 62.0 Å². The number of aromatic nitrogens is 5. The first-order valence-corrected chi connectivity index (χ1v) is 16.2. The largest absolute Gasteiger partial charge is 0.379 e. The Bertz CT molecular complexity index is 2230. The highest BCUT2D eigenvalue weighted by Gasteiger charge is 2.23. The van der Waals surface area contributed by atoms with Gasteiger partial charge in [0.15, 0.2) is 0 Å². The molecule has 1 fully saturated rings. The molecule has 0 amide bonds. The summed E-state index contributed by atoms with van der Waals surface area (Å²) < 4.78 is 41.2. The number of fused-ring (bicyclic) bond motifs is 3. The smallest absolute Gasteiger partial charge is 0.328 e. The van der Waals surface area contributed by atoms with Crippen LogP contribution in [0.3, 0.4) is 0 Å². The number of ether oxygens (including phenoxy) is 1. The van der Waals surface area contributed by atoms with E-state index >= 15 is 0 Å². The van der Waals surface area contributed by atoms with Crippen LogP contribution in [0.2, 0.25) is 0 Å². The van der Waals surface area contributed by atoms with E-state index in [9.17, 15) is 13.2 Å². The molecule has 3 aromatic heterocycles. The Morgan fingerprint density at radius 3 is 2.43 bits per heavy atom. The van der Waals surface area contributed by atoms with Gasteiger partial charge in [0.05, 0.1) is 40.2 Å². The van der Waals surface area contributed by atoms with Crippen LogP contribution in [0.4, 0.5) is 0 Å². The fourth-order valence-corrected chi connectivity index (χ4v) is 7.01. The van der Waals surface area contributed by atoms with Crippen molar-refractivity contribution in [2.45, 2.75) is 18.4 Å². The Labute approximate surface area is 254 Å². The summed E-state index contributed by atoms with van der Waals surface area (Å²) in [6.07, 6.45) is 2.16. The summed E-state index contributed by atoms with van der Waals surface area (Å²) in [6.45, 7) is 7.15. The number of sulfonamides is 1. The molecule has 3 aromatic carbocycles. The Kier molecular flexibility index (Phi) is 6.96. The molecule has 4 heterocycles. The first-order valence-electron chi connectivity index (χ1n) is 14.7. The molecule has 0 atom stereocenters. The topological polar surface area (TPSA) is 108 Å². The third-order valence-electron chi connectivity index (χ3n) is 8.76. The molecule has 1 saturated heterocycles. The minimum absolute atomic E-state index is 0.117. The summed E-state index contributed by atoms with van der Waals surface area (Å²) in [6, 6.07) is 17.3. The first-order chi connectivity index (χ1) is 21.2. The SMILES string of the molecule is CNS(=O)(=O)c1ccc2nc(-c3cn(CCN4CCOCC4)c4cc(C)ccc34)n(-c3ccc4c(c3)n(C)c(=O)n4C)c2c1. The van der Waals surface area contributed by atoms with Gasteiger partial charge in [-0.1, -0.05) is 12.1 Å². The molecule has 1 aliphatic heterocycles. The molecule has 11 nitrogen and oxygen atoms in total. The standard InChI is InChI=1S/C32H35N7O4S/c1-21-5-8-24-25(20-38(28(24)17-21)12-11-37-13-15-43-16-14-37)31-34-26-9-7-23(44(41,42)33-2)19-29(26)39(31)22-6-10-27-30(18-22)36(4)32(40)35(27)3/h5-10,17-20,33H,11-16H2,1-4H3. The van der Waals surface area contributed by atoms with Gasteiger partial charge in [-0.2, -0.15) is 0 Å². The molecule has 12 heteroatoms. The van der Waals surface area contributed by atoms with Gasteiger partial charge in [-0.25, -0.2) is 22.9 Å². The number of imidazole rings is 2. The van der Waals surface area contributed by atoms with E-state index in [4.69, 9.17) is 9.72 Å². The summed E-state index contributed by atoms with van der Waals surface area (Å²) in [7, 11) is 1.21. The van der Waals surface area contributed by atoms with Gasteiger partial charge in [-0.3, -0.25) is 18.6 Å². The summed E-state index contributed by atoms with van der Waals surface area (Å²) >= 11 is 0. The van der Waals surface area contributed by atoms with Gasteiger partial charge in [0.25, 0.3) is 0 Å². The molecule has 228 valence electrons. The number of rotatable bonds is 7. The van der Waals surface area contributed by atoms with Crippen LogP contribution in [0.15, 0.2) is 70.5 Å². The van der Waals surface area contributed by atoms with Crippen LogP contribution in [0.5, 0.6) is 0 Å². The number of nitrogens with one attached hydrogen (secondary N) is 1. The highest BCUT2D eigenvalue weighted by Crippen LogP contribution is 2.36. The van der Waals surface area contributed by atoms with Gasteiger partial charge in [0, 0.05) is 68.6 Å². The van der Waals surface area contributed by atoms with Crippen LogP contribution in [-0.4, -0.2) is 76.5 Å². The predicted molar refractivity (Wildman–Crippen MR) is 172 cm³/mol. The third kappa shape index (κ3) is 4.65. The van der Waals surface area contributed by atoms with E-state index in [2.05, 4.69) is 45.5 Å². The quantitative estimate of drug-likeness (QED) is 0.296. The summed E-state index contributed by atoms with van der Waals surface area (Å²) in [5, 5.41) is 1.06. The molecule has 0 aliphatic carbocycles. The van der Waals surface area contributed by atoms with Crippen LogP contribution in [0.25, 0.3) is 50.0 Å². The van der Waals surface area contributed by atoms with Crippen molar-refractivity contribution in [3.05, 3.63) is 76.8 Å². The van der Waals surface area contributed by atoms with E-state index in [0.29, 0.717) is 16.9 Å². The monoisotopic (exact) mass is 613 g/mol. The molecule has 7 rings (SSSR count). The van der Waals surface area contributed by atoms with Crippen molar-refractivity contribution < 1.29 is 13.2 Å². The molecule has 0 spiro atoms. The first kappa shape index (κ1) is 28.5. The highest BCUT2D eigenvalue weighted by atomic mass is 32.2. The lowest BCUT2D eigenvalue weighted by atomic mass is 10.1. The van der Waals surface area contributed by atoms with Crippen LogP contribution >= 0.6 is 0 Å². The minimum atomic E-state index is -3.70. The Morgan fingerprint density at radius 1 is 0.886 bits per heavy atom. The molecule has 0 radical (unpaired) electrons. The van der Waals surface area contributed by atoms with Crippen LogP contribution < -0.4 is 10.4 Å². The second kappa shape index (κ2) is 10.7. The van der Waals surface area contributed by atoms with Crippen LogP contribution in [0, 0.1) is 6.92 Å². The van der Waals surface area contributed by atoms with Gasteiger partial charge in [0.2, 0.25) is 10.0 Å². The van der Waals surface area contributed by atoms with Crippen molar-refractivity contribution in [1.29, 1.82) is 0 Å². The second-order valence-corrected chi connectivity index (χ2v) is 13.3. The van der Waals surface area contributed by atoms with E-state index in [-0.39, 0.29) is 10.6 Å². The van der Waals surface area contributed by atoms with Crippen molar-refractivity contribution in [2.75, 3.05) is 39.9 Å². The number of hydrogen-bond donors (Lipinski definition) is 1. The van der Waals surface area contributed by atoms with Gasteiger partial charge < -0.3 is 9.30 Å². The molecule has 0 bridgehead atoms. The molecular weight excluding hydrogens is 578 g/mol. The highest BCUT2D eigenvalue weighted by molar-refractivity contribution is 7.89. The lowest BCUT2D eigenvalue weighted by molar-refractivity contribution is 0.0365. The fourth-order valence-electron chi connectivity index (χ4n) is 6.26. The predicted octanol–water partition coefficient (Wildman–Crippen LogP) is 3.39. The Morgan fingerprint density at radius 2 is 1.66 bits per heavy atom. The van der Waals surface area contributed by atoms with Crippen molar-refractivity contribution in [2.24, 2.45) is 14.1 Å². The number of aryl methyl sites for hydroxylation is 3. The van der Waals surface area contributed by atoms with Crippen molar-refractivity contribution in [1.82, 2.24) is 32.9 Å². The van der Waals surface area contributed by atoms with Gasteiger partial charge >= 0.3 is 5.69 Å². The normalized spacial score (nSPS) is 14.8. The van der Waals surface area contributed by atoms with Crippen LogP contribution in [0.1, 0.15) is 5.56 Å². The fraction of sp³-hybridized carbons (Fsp3) is 0.312. The average molecular weight is 614 g/mol. The molecule has 0 saturated carbocycles. The Balaban J connectivity index is 1.47. The molecule has 1 aliphatic rings. The zero-order valence-corrected chi connectivity index (χ0v) is 26.1.